The number of ether oxygens (including phenoxy) is 1. The van der Waals surface area contributed by atoms with E-state index in [2.05, 4.69) is 0 Å². The third kappa shape index (κ3) is 4.27. The van der Waals surface area contributed by atoms with Crippen molar-refractivity contribution in [1.82, 2.24) is 0 Å². The summed E-state index contributed by atoms with van der Waals surface area (Å²) < 4.78 is 80.7. The van der Waals surface area contributed by atoms with E-state index in [1.54, 1.807) is 18.2 Å². The van der Waals surface area contributed by atoms with E-state index in [1.807, 2.05) is 0 Å². The van der Waals surface area contributed by atoms with Crippen LogP contribution in [0.25, 0.3) is 0 Å². The molecule has 0 unspecified atom stereocenters. The van der Waals surface area contributed by atoms with Crippen LogP contribution >= 0.6 is 0 Å². The number of carbonyl (C=O) groups excluding carboxylic acids is 1. The van der Waals surface area contributed by atoms with E-state index in [4.69, 9.17) is 4.74 Å². The summed E-state index contributed by atoms with van der Waals surface area (Å²) in [6, 6.07) is 10.8. The fraction of sp³-hybridized carbons (Fsp3) is 0.188. The third-order valence-electron chi connectivity index (χ3n) is 3.09. The highest BCUT2D eigenvalue weighted by molar-refractivity contribution is 5.90. The van der Waals surface area contributed by atoms with Crippen molar-refractivity contribution >= 4 is 5.97 Å². The largest absolute Gasteiger partial charge is 0.423 e. The first-order chi connectivity index (χ1) is 11.1. The van der Waals surface area contributed by atoms with E-state index in [9.17, 15) is 31.1 Å². The second-order valence-electron chi connectivity index (χ2n) is 4.84. The van der Waals surface area contributed by atoms with Crippen molar-refractivity contribution in [2.24, 2.45) is 0 Å². The molecule has 0 fully saturated rings. The van der Waals surface area contributed by atoms with Crippen molar-refractivity contribution in [3.05, 3.63) is 65.7 Å². The zero-order chi connectivity index (χ0) is 18.0. The normalized spacial score (nSPS) is 12.3. The summed E-state index contributed by atoms with van der Waals surface area (Å²) in [7, 11) is 0. The lowest BCUT2D eigenvalue weighted by molar-refractivity contribution is -0.253. The van der Waals surface area contributed by atoms with E-state index in [0.717, 1.165) is 12.1 Å². The Bertz CT molecular complexity index is 675. The Balaban J connectivity index is 2.20. The van der Waals surface area contributed by atoms with E-state index in [-0.39, 0.29) is 11.3 Å². The van der Waals surface area contributed by atoms with Crippen LogP contribution in [0.3, 0.4) is 0 Å². The fourth-order valence-corrected chi connectivity index (χ4v) is 2.03. The van der Waals surface area contributed by atoms with Crippen molar-refractivity contribution in [3.63, 3.8) is 0 Å². The van der Waals surface area contributed by atoms with Crippen molar-refractivity contribution in [2.45, 2.75) is 18.3 Å². The number of halogens is 6. The molecule has 0 atom stereocenters. The smallest absolute Gasteiger partial charge is 0.404 e. The maximum absolute atomic E-state index is 12.6. The SMILES string of the molecule is O=C(Oc1ccc(C(C(F)(F)F)C(F)(F)F)cc1)c1ccccc1. The lowest BCUT2D eigenvalue weighted by Crippen LogP contribution is -2.34. The Morgan fingerprint density at radius 3 is 1.75 bits per heavy atom. The summed E-state index contributed by atoms with van der Waals surface area (Å²) in [5, 5.41) is 0. The Labute approximate surface area is 132 Å². The summed E-state index contributed by atoms with van der Waals surface area (Å²) in [6.45, 7) is 0. The number of rotatable bonds is 3. The molecule has 8 heteroatoms. The molecule has 0 heterocycles. The van der Waals surface area contributed by atoms with Gasteiger partial charge in [-0.1, -0.05) is 30.3 Å². The summed E-state index contributed by atoms with van der Waals surface area (Å²) in [6.07, 6.45) is -10.9. The Morgan fingerprint density at radius 2 is 1.29 bits per heavy atom. The summed E-state index contributed by atoms with van der Waals surface area (Å²) in [5.41, 5.74) is -0.778. The van der Waals surface area contributed by atoms with Gasteiger partial charge in [0.15, 0.2) is 5.92 Å². The topological polar surface area (TPSA) is 26.3 Å². The minimum atomic E-state index is -5.47. The van der Waals surface area contributed by atoms with Gasteiger partial charge in [0, 0.05) is 0 Å². The van der Waals surface area contributed by atoms with Gasteiger partial charge >= 0.3 is 18.3 Å². The van der Waals surface area contributed by atoms with Gasteiger partial charge < -0.3 is 4.74 Å². The molecule has 0 aromatic heterocycles. The van der Waals surface area contributed by atoms with E-state index in [1.165, 1.54) is 12.1 Å². The van der Waals surface area contributed by atoms with Gasteiger partial charge in [0.2, 0.25) is 0 Å². The molecule has 0 radical (unpaired) electrons. The number of benzene rings is 2. The molecule has 0 saturated heterocycles. The highest BCUT2D eigenvalue weighted by Crippen LogP contribution is 2.46. The number of esters is 1. The molecule has 2 nitrogen and oxygen atoms in total. The van der Waals surface area contributed by atoms with Crippen LogP contribution in [0.5, 0.6) is 5.75 Å². The van der Waals surface area contributed by atoms with Crippen LogP contribution in [0.4, 0.5) is 26.3 Å². The molecule has 2 aromatic rings. The second-order valence-corrected chi connectivity index (χ2v) is 4.84. The highest BCUT2D eigenvalue weighted by atomic mass is 19.4. The Kier molecular flexibility index (Phi) is 4.86. The fourth-order valence-electron chi connectivity index (χ4n) is 2.03. The zero-order valence-corrected chi connectivity index (χ0v) is 11.9. The first kappa shape index (κ1) is 17.8. The minimum Gasteiger partial charge on any atom is -0.423 e. The van der Waals surface area contributed by atoms with E-state index >= 15 is 0 Å². The average Bonchev–Trinajstić information content (AvgIpc) is 2.47. The van der Waals surface area contributed by atoms with Gasteiger partial charge in [-0.05, 0) is 29.8 Å². The molecule has 0 spiro atoms. The van der Waals surface area contributed by atoms with Gasteiger partial charge in [0.1, 0.15) is 5.75 Å². The lowest BCUT2D eigenvalue weighted by Gasteiger charge is -2.23. The predicted molar refractivity (Wildman–Crippen MR) is 72.7 cm³/mol. The van der Waals surface area contributed by atoms with Gasteiger partial charge in [0.05, 0.1) is 5.56 Å². The van der Waals surface area contributed by atoms with Crippen LogP contribution in [-0.4, -0.2) is 18.3 Å². The number of hydrogen-bond donors (Lipinski definition) is 0. The molecule has 0 aliphatic rings. The molecule has 0 amide bonds. The van der Waals surface area contributed by atoms with Crippen LogP contribution in [0.15, 0.2) is 54.6 Å². The van der Waals surface area contributed by atoms with Crippen molar-refractivity contribution < 1.29 is 35.9 Å². The number of carbonyl (C=O) groups is 1. The molecular weight excluding hydrogens is 338 g/mol. The summed E-state index contributed by atoms with van der Waals surface area (Å²) in [5.74, 6) is -4.52. The van der Waals surface area contributed by atoms with Crippen molar-refractivity contribution in [1.29, 1.82) is 0 Å². The standard InChI is InChI=1S/C16H10F6O2/c17-15(18,19)13(16(20,21)22)10-6-8-12(9-7-10)24-14(23)11-4-2-1-3-5-11/h1-9,13H. The van der Waals surface area contributed by atoms with Gasteiger partial charge in [-0.3, -0.25) is 0 Å². The zero-order valence-electron chi connectivity index (χ0n) is 11.9. The molecule has 2 aromatic carbocycles. The number of hydrogen-bond acceptors (Lipinski definition) is 2. The maximum Gasteiger partial charge on any atom is 0.404 e. The Hall–Kier alpha value is -2.51. The molecule has 0 saturated carbocycles. The van der Waals surface area contributed by atoms with Crippen LogP contribution < -0.4 is 4.74 Å². The van der Waals surface area contributed by atoms with Crippen LogP contribution in [0.1, 0.15) is 21.8 Å². The van der Waals surface area contributed by atoms with Gasteiger partial charge in [-0.15, -0.1) is 0 Å². The van der Waals surface area contributed by atoms with Gasteiger partial charge in [-0.2, -0.15) is 26.3 Å². The summed E-state index contributed by atoms with van der Waals surface area (Å²) in [4.78, 5) is 11.8. The van der Waals surface area contributed by atoms with E-state index in [0.29, 0.717) is 12.1 Å². The molecule has 24 heavy (non-hydrogen) atoms. The Morgan fingerprint density at radius 1 is 0.792 bits per heavy atom. The number of alkyl halides is 6. The average molecular weight is 348 g/mol. The highest BCUT2D eigenvalue weighted by Gasteiger charge is 2.57. The monoisotopic (exact) mass is 348 g/mol. The van der Waals surface area contributed by atoms with Gasteiger partial charge in [-0.25, -0.2) is 4.79 Å². The molecule has 0 N–H and O–H groups in total. The first-order valence-electron chi connectivity index (χ1n) is 6.59. The van der Waals surface area contributed by atoms with Crippen molar-refractivity contribution in [3.8, 4) is 5.75 Å². The molecular formula is C16H10F6O2. The lowest BCUT2D eigenvalue weighted by atomic mass is 9.98. The van der Waals surface area contributed by atoms with Gasteiger partial charge in [0.25, 0.3) is 0 Å². The van der Waals surface area contributed by atoms with Crippen LogP contribution in [-0.2, 0) is 0 Å². The first-order valence-corrected chi connectivity index (χ1v) is 6.59. The maximum atomic E-state index is 12.6. The molecule has 0 aliphatic heterocycles. The molecule has 128 valence electrons. The molecule has 2 rings (SSSR count). The van der Waals surface area contributed by atoms with Crippen molar-refractivity contribution in [2.75, 3.05) is 0 Å². The quantitative estimate of drug-likeness (QED) is 0.437. The predicted octanol–water partition coefficient (Wildman–Crippen LogP) is 5.11. The minimum absolute atomic E-state index is 0.157. The second kappa shape index (κ2) is 6.54. The summed E-state index contributed by atoms with van der Waals surface area (Å²) >= 11 is 0. The molecule has 0 bridgehead atoms. The van der Waals surface area contributed by atoms with Crippen LogP contribution in [0.2, 0.25) is 0 Å². The van der Waals surface area contributed by atoms with Crippen LogP contribution in [0, 0.1) is 0 Å². The van der Waals surface area contributed by atoms with E-state index < -0.39 is 29.8 Å². The molecule has 0 aliphatic carbocycles. The third-order valence-corrected chi connectivity index (χ3v) is 3.09.